The summed E-state index contributed by atoms with van der Waals surface area (Å²) in [5, 5.41) is 11.0. The molecule has 0 unspecified atom stereocenters. The zero-order chi connectivity index (χ0) is 23.8. The SMILES string of the molecule is COc1cc(OC)c(C=CC(=O)c2c(OC)cc(OC)c(CC=C(C)C)c2O)c(OC)c1. The van der Waals surface area contributed by atoms with E-state index in [9.17, 15) is 9.90 Å². The van der Waals surface area contributed by atoms with Gasteiger partial charge >= 0.3 is 0 Å². The molecule has 7 nitrogen and oxygen atoms in total. The lowest BCUT2D eigenvalue weighted by molar-refractivity contribution is 0.104. The fourth-order valence-corrected chi connectivity index (χ4v) is 3.19. The first-order valence-electron chi connectivity index (χ1n) is 9.93. The summed E-state index contributed by atoms with van der Waals surface area (Å²) in [6, 6.07) is 4.98. The van der Waals surface area contributed by atoms with E-state index in [-0.39, 0.29) is 17.1 Å². The number of benzene rings is 2. The number of phenols is 1. The van der Waals surface area contributed by atoms with Gasteiger partial charge in [-0.15, -0.1) is 0 Å². The number of hydrogen-bond donors (Lipinski definition) is 1. The molecule has 0 saturated heterocycles. The lowest BCUT2D eigenvalue weighted by Crippen LogP contribution is -2.04. The van der Waals surface area contributed by atoms with Crippen molar-refractivity contribution in [3.05, 3.63) is 52.6 Å². The summed E-state index contributed by atoms with van der Waals surface area (Å²) < 4.78 is 26.9. The smallest absolute Gasteiger partial charge is 0.193 e. The first-order chi connectivity index (χ1) is 15.3. The van der Waals surface area contributed by atoms with Crippen molar-refractivity contribution < 1.29 is 33.6 Å². The average molecular weight is 443 g/mol. The fraction of sp³-hybridized carbons (Fsp3) is 0.320. The summed E-state index contributed by atoms with van der Waals surface area (Å²) in [4.78, 5) is 13.1. The summed E-state index contributed by atoms with van der Waals surface area (Å²) in [5.41, 5.74) is 2.19. The van der Waals surface area contributed by atoms with E-state index in [2.05, 4.69) is 0 Å². The lowest BCUT2D eigenvalue weighted by atomic mass is 9.99. The Morgan fingerprint density at radius 2 is 1.41 bits per heavy atom. The Morgan fingerprint density at radius 3 is 1.88 bits per heavy atom. The number of hydrogen-bond acceptors (Lipinski definition) is 7. The maximum atomic E-state index is 13.1. The second kappa shape index (κ2) is 11.1. The van der Waals surface area contributed by atoms with Crippen molar-refractivity contribution in [2.75, 3.05) is 35.5 Å². The molecule has 0 saturated carbocycles. The molecule has 0 aliphatic rings. The fourth-order valence-electron chi connectivity index (χ4n) is 3.19. The van der Waals surface area contributed by atoms with Crippen LogP contribution in [0.1, 0.15) is 35.3 Å². The van der Waals surface area contributed by atoms with Gasteiger partial charge in [0.25, 0.3) is 0 Å². The summed E-state index contributed by atoms with van der Waals surface area (Å²) in [7, 11) is 7.51. The zero-order valence-corrected chi connectivity index (χ0v) is 19.6. The van der Waals surface area contributed by atoms with Crippen LogP contribution in [0.3, 0.4) is 0 Å². The summed E-state index contributed by atoms with van der Waals surface area (Å²) in [5.74, 6) is 1.53. The van der Waals surface area contributed by atoms with Crippen molar-refractivity contribution in [2.24, 2.45) is 0 Å². The molecule has 7 heteroatoms. The number of carbonyl (C=O) groups excluding carboxylic acids is 1. The van der Waals surface area contributed by atoms with Crippen LogP contribution in [0.2, 0.25) is 0 Å². The van der Waals surface area contributed by atoms with Crippen LogP contribution in [-0.4, -0.2) is 46.4 Å². The van der Waals surface area contributed by atoms with Gasteiger partial charge in [-0.2, -0.15) is 0 Å². The van der Waals surface area contributed by atoms with Gasteiger partial charge in [0.1, 0.15) is 40.1 Å². The molecule has 32 heavy (non-hydrogen) atoms. The van der Waals surface area contributed by atoms with Crippen LogP contribution in [0.25, 0.3) is 6.08 Å². The van der Waals surface area contributed by atoms with Crippen molar-refractivity contribution in [1.29, 1.82) is 0 Å². The molecule has 172 valence electrons. The van der Waals surface area contributed by atoms with Crippen molar-refractivity contribution in [3.63, 3.8) is 0 Å². The van der Waals surface area contributed by atoms with Gasteiger partial charge in [0, 0.05) is 23.8 Å². The third-order valence-electron chi connectivity index (χ3n) is 4.88. The third-order valence-corrected chi connectivity index (χ3v) is 4.88. The van der Waals surface area contributed by atoms with Crippen LogP contribution in [0.15, 0.2) is 35.9 Å². The third kappa shape index (κ3) is 5.35. The molecule has 0 bridgehead atoms. The molecule has 2 aromatic rings. The molecule has 2 rings (SSSR count). The zero-order valence-electron chi connectivity index (χ0n) is 19.6. The van der Waals surface area contributed by atoms with Gasteiger partial charge in [0.15, 0.2) is 5.78 Å². The van der Waals surface area contributed by atoms with Crippen LogP contribution < -0.4 is 23.7 Å². The highest BCUT2D eigenvalue weighted by Crippen LogP contribution is 2.40. The Morgan fingerprint density at radius 1 is 0.844 bits per heavy atom. The topological polar surface area (TPSA) is 83.5 Å². The number of carbonyl (C=O) groups is 1. The monoisotopic (exact) mass is 442 g/mol. The quantitative estimate of drug-likeness (QED) is 0.320. The van der Waals surface area contributed by atoms with Crippen LogP contribution in [0.5, 0.6) is 34.5 Å². The van der Waals surface area contributed by atoms with Gasteiger partial charge < -0.3 is 28.8 Å². The maximum absolute atomic E-state index is 13.1. The predicted molar refractivity (Wildman–Crippen MR) is 124 cm³/mol. The van der Waals surface area contributed by atoms with Gasteiger partial charge in [-0.25, -0.2) is 0 Å². The Hall–Kier alpha value is -3.61. The van der Waals surface area contributed by atoms with E-state index < -0.39 is 5.78 Å². The molecule has 0 aliphatic carbocycles. The highest BCUT2D eigenvalue weighted by Gasteiger charge is 2.23. The minimum absolute atomic E-state index is 0.0492. The summed E-state index contributed by atoms with van der Waals surface area (Å²) >= 11 is 0. The van der Waals surface area contributed by atoms with Crippen LogP contribution in [-0.2, 0) is 6.42 Å². The molecule has 0 heterocycles. The van der Waals surface area contributed by atoms with Crippen LogP contribution >= 0.6 is 0 Å². The highest BCUT2D eigenvalue weighted by molar-refractivity contribution is 6.11. The van der Waals surface area contributed by atoms with E-state index in [0.717, 1.165) is 5.57 Å². The molecule has 1 N–H and O–H groups in total. The maximum Gasteiger partial charge on any atom is 0.193 e. The van der Waals surface area contributed by atoms with Crippen molar-refractivity contribution >= 4 is 11.9 Å². The number of aromatic hydroxyl groups is 1. The number of allylic oxidation sites excluding steroid dienone is 3. The lowest BCUT2D eigenvalue weighted by Gasteiger charge is -2.16. The molecule has 0 amide bonds. The molecular formula is C25H30O7. The van der Waals surface area contributed by atoms with E-state index in [0.29, 0.717) is 40.5 Å². The second-order valence-electron chi connectivity index (χ2n) is 7.11. The molecule has 0 atom stereocenters. The number of phenolic OH excluding ortho intramolecular Hbond substituents is 1. The molecule has 0 fully saturated rings. The normalized spacial score (nSPS) is 10.6. The molecular weight excluding hydrogens is 412 g/mol. The van der Waals surface area contributed by atoms with Crippen molar-refractivity contribution in [1.82, 2.24) is 0 Å². The standard InChI is InChI=1S/C25H30O7/c1-15(2)8-9-18-22(31-6)14-23(32-7)24(25(18)27)19(26)11-10-17-20(29-4)12-16(28-3)13-21(17)30-5/h8,10-14,27H,9H2,1-7H3. The molecule has 0 aliphatic heterocycles. The minimum atomic E-state index is -0.444. The molecule has 0 radical (unpaired) electrons. The van der Waals surface area contributed by atoms with E-state index in [4.69, 9.17) is 23.7 Å². The van der Waals surface area contributed by atoms with E-state index in [1.54, 1.807) is 31.4 Å². The predicted octanol–water partition coefficient (Wildman–Crippen LogP) is 4.84. The Balaban J connectivity index is 2.57. The number of methoxy groups -OCH3 is 5. The first-order valence-corrected chi connectivity index (χ1v) is 9.93. The molecule has 0 spiro atoms. The van der Waals surface area contributed by atoms with E-state index >= 15 is 0 Å². The van der Waals surface area contributed by atoms with Crippen molar-refractivity contribution in [2.45, 2.75) is 20.3 Å². The second-order valence-corrected chi connectivity index (χ2v) is 7.11. The number of rotatable bonds is 10. The Bertz CT molecular complexity index is 1010. The van der Waals surface area contributed by atoms with Gasteiger partial charge in [0.05, 0.1) is 41.1 Å². The largest absolute Gasteiger partial charge is 0.507 e. The van der Waals surface area contributed by atoms with Crippen LogP contribution in [0.4, 0.5) is 0 Å². The molecule has 0 aromatic heterocycles. The van der Waals surface area contributed by atoms with Crippen molar-refractivity contribution in [3.8, 4) is 34.5 Å². The van der Waals surface area contributed by atoms with Gasteiger partial charge in [0.2, 0.25) is 0 Å². The van der Waals surface area contributed by atoms with Crippen LogP contribution in [0, 0.1) is 0 Å². The van der Waals surface area contributed by atoms with Gasteiger partial charge in [-0.1, -0.05) is 11.6 Å². The van der Waals surface area contributed by atoms with Gasteiger partial charge in [-0.3, -0.25) is 4.79 Å². The highest BCUT2D eigenvalue weighted by atomic mass is 16.5. The Labute approximate surface area is 188 Å². The number of ether oxygens (including phenoxy) is 5. The molecule has 2 aromatic carbocycles. The minimum Gasteiger partial charge on any atom is -0.507 e. The van der Waals surface area contributed by atoms with E-state index in [1.807, 2.05) is 19.9 Å². The van der Waals surface area contributed by atoms with Gasteiger partial charge in [-0.05, 0) is 32.4 Å². The summed E-state index contributed by atoms with van der Waals surface area (Å²) in [6.07, 6.45) is 5.26. The number of ketones is 1. The van der Waals surface area contributed by atoms with E-state index in [1.165, 1.54) is 34.5 Å². The average Bonchev–Trinajstić information content (AvgIpc) is 2.80. The Kier molecular flexibility index (Phi) is 8.58. The summed E-state index contributed by atoms with van der Waals surface area (Å²) in [6.45, 7) is 3.91. The first kappa shape index (κ1) is 24.7.